The smallest absolute Gasteiger partial charge is 0.329 e. The monoisotopic (exact) mass is 358 g/mol. The van der Waals surface area contributed by atoms with Crippen molar-refractivity contribution in [2.75, 3.05) is 14.2 Å². The third-order valence-electron chi connectivity index (χ3n) is 4.49. The largest absolute Gasteiger partial charge is 0.497 e. The first-order chi connectivity index (χ1) is 12.1. The quantitative estimate of drug-likeness (QED) is 0.761. The van der Waals surface area contributed by atoms with Crippen LogP contribution in [-0.4, -0.2) is 23.8 Å². The Bertz CT molecular complexity index is 1060. The number of H-pyrrole nitrogens is 1. The SMILES string of the molecule is COc1ccc(Cn2c(=O)[nH]c3sc(C4CC4)cc3c2=O)c(OC)c1. The number of hydrogen-bond acceptors (Lipinski definition) is 5. The van der Waals surface area contributed by atoms with Crippen LogP contribution in [0.2, 0.25) is 0 Å². The van der Waals surface area contributed by atoms with E-state index in [9.17, 15) is 9.59 Å². The number of ether oxygens (including phenoxy) is 2. The van der Waals surface area contributed by atoms with Crippen LogP contribution < -0.4 is 20.7 Å². The number of aromatic nitrogens is 2. The summed E-state index contributed by atoms with van der Waals surface area (Å²) in [6.07, 6.45) is 2.32. The molecular weight excluding hydrogens is 340 g/mol. The van der Waals surface area contributed by atoms with Crippen LogP contribution >= 0.6 is 11.3 Å². The van der Waals surface area contributed by atoms with E-state index in [1.807, 2.05) is 6.07 Å². The van der Waals surface area contributed by atoms with E-state index in [4.69, 9.17) is 9.47 Å². The van der Waals surface area contributed by atoms with Gasteiger partial charge in [-0.05, 0) is 37.0 Å². The lowest BCUT2D eigenvalue weighted by Crippen LogP contribution is -2.35. The first-order valence-electron chi connectivity index (χ1n) is 8.08. The summed E-state index contributed by atoms with van der Waals surface area (Å²) in [5, 5.41) is 0.582. The van der Waals surface area contributed by atoms with Crippen molar-refractivity contribution in [3.05, 3.63) is 55.5 Å². The molecule has 6 nitrogen and oxygen atoms in total. The summed E-state index contributed by atoms with van der Waals surface area (Å²) in [6.45, 7) is 0.145. The second kappa shape index (κ2) is 6.07. The zero-order valence-electron chi connectivity index (χ0n) is 14.0. The van der Waals surface area contributed by atoms with Crippen LogP contribution in [0.15, 0.2) is 33.9 Å². The van der Waals surface area contributed by atoms with Crippen molar-refractivity contribution in [1.29, 1.82) is 0 Å². The van der Waals surface area contributed by atoms with Crippen molar-refractivity contribution in [3.8, 4) is 11.5 Å². The van der Waals surface area contributed by atoms with Gasteiger partial charge >= 0.3 is 5.69 Å². The van der Waals surface area contributed by atoms with Crippen LogP contribution in [0.1, 0.15) is 29.2 Å². The lowest BCUT2D eigenvalue weighted by molar-refractivity contribution is 0.390. The highest BCUT2D eigenvalue weighted by atomic mass is 32.1. The summed E-state index contributed by atoms with van der Waals surface area (Å²) in [4.78, 5) is 29.9. The standard InChI is InChI=1S/C18H18N2O4S/c1-23-12-6-5-11(14(7-12)24-2)9-20-17(21)13-8-15(10-3-4-10)25-16(13)19-18(20)22/h5-8,10H,3-4,9H2,1-2H3,(H,19,22). The van der Waals surface area contributed by atoms with E-state index in [1.165, 1.54) is 20.8 Å². The van der Waals surface area contributed by atoms with Gasteiger partial charge in [-0.15, -0.1) is 11.3 Å². The van der Waals surface area contributed by atoms with Crippen LogP contribution in [0.3, 0.4) is 0 Å². The normalized spacial score (nSPS) is 14.0. The van der Waals surface area contributed by atoms with E-state index >= 15 is 0 Å². The van der Waals surface area contributed by atoms with Gasteiger partial charge in [-0.1, -0.05) is 0 Å². The molecule has 130 valence electrons. The van der Waals surface area contributed by atoms with Crippen LogP contribution in [-0.2, 0) is 6.54 Å². The molecule has 0 radical (unpaired) electrons. The highest BCUT2D eigenvalue weighted by Gasteiger charge is 2.26. The van der Waals surface area contributed by atoms with Crippen LogP contribution in [0.5, 0.6) is 11.5 Å². The fourth-order valence-electron chi connectivity index (χ4n) is 2.93. The fourth-order valence-corrected chi connectivity index (χ4v) is 4.14. The zero-order chi connectivity index (χ0) is 17.6. The van der Waals surface area contributed by atoms with Crippen LogP contribution in [0.4, 0.5) is 0 Å². The summed E-state index contributed by atoms with van der Waals surface area (Å²) in [5.74, 6) is 1.79. The molecule has 1 aliphatic carbocycles. The molecule has 0 unspecified atom stereocenters. The Labute approximate surface area is 147 Å². The van der Waals surface area contributed by atoms with Crippen LogP contribution in [0.25, 0.3) is 10.2 Å². The van der Waals surface area contributed by atoms with E-state index < -0.39 is 5.69 Å². The van der Waals surface area contributed by atoms with Gasteiger partial charge in [0.05, 0.1) is 26.2 Å². The topological polar surface area (TPSA) is 73.3 Å². The van der Waals surface area contributed by atoms with Crippen molar-refractivity contribution in [3.63, 3.8) is 0 Å². The summed E-state index contributed by atoms with van der Waals surface area (Å²) in [7, 11) is 3.13. The second-order valence-corrected chi connectivity index (χ2v) is 7.25. The maximum atomic E-state index is 12.8. The number of rotatable bonds is 5. The predicted octanol–water partition coefficient (Wildman–Crippen LogP) is 2.69. The van der Waals surface area contributed by atoms with Crippen molar-refractivity contribution in [2.45, 2.75) is 25.3 Å². The van der Waals surface area contributed by atoms with E-state index in [0.717, 1.165) is 18.4 Å². The van der Waals surface area contributed by atoms with Crippen LogP contribution in [0, 0.1) is 0 Å². The molecule has 2 heterocycles. The number of nitrogens with zero attached hydrogens (tertiary/aromatic N) is 1. The average molecular weight is 358 g/mol. The third-order valence-corrected chi connectivity index (χ3v) is 5.71. The Hall–Kier alpha value is -2.54. The molecule has 3 aromatic rings. The van der Waals surface area contributed by atoms with E-state index in [0.29, 0.717) is 27.6 Å². The molecule has 25 heavy (non-hydrogen) atoms. The van der Waals surface area contributed by atoms with Gasteiger partial charge in [-0.3, -0.25) is 14.3 Å². The molecule has 7 heteroatoms. The van der Waals surface area contributed by atoms with Gasteiger partial charge in [0, 0.05) is 16.5 Å². The Morgan fingerprint density at radius 2 is 2.00 bits per heavy atom. The summed E-state index contributed by atoms with van der Waals surface area (Å²) in [6, 6.07) is 7.25. The first kappa shape index (κ1) is 16.0. The molecule has 1 aliphatic rings. The molecule has 4 rings (SSSR count). The van der Waals surface area contributed by atoms with E-state index in [2.05, 4.69) is 4.98 Å². The van der Waals surface area contributed by atoms with Crippen molar-refractivity contribution in [2.24, 2.45) is 0 Å². The minimum Gasteiger partial charge on any atom is -0.497 e. The highest BCUT2D eigenvalue weighted by Crippen LogP contribution is 2.44. The minimum absolute atomic E-state index is 0.145. The third kappa shape index (κ3) is 2.84. The molecule has 0 amide bonds. The van der Waals surface area contributed by atoms with Gasteiger partial charge in [0.2, 0.25) is 0 Å². The van der Waals surface area contributed by atoms with Gasteiger partial charge in [0.25, 0.3) is 5.56 Å². The van der Waals surface area contributed by atoms with Crippen molar-refractivity contribution < 1.29 is 9.47 Å². The Kier molecular flexibility index (Phi) is 3.88. The lowest BCUT2D eigenvalue weighted by atomic mass is 10.2. The maximum Gasteiger partial charge on any atom is 0.329 e. The van der Waals surface area contributed by atoms with Crippen molar-refractivity contribution >= 4 is 21.6 Å². The van der Waals surface area contributed by atoms with Crippen molar-refractivity contribution in [1.82, 2.24) is 9.55 Å². The number of methoxy groups -OCH3 is 2. The molecule has 0 aliphatic heterocycles. The summed E-state index contributed by atoms with van der Waals surface area (Å²) >= 11 is 1.51. The first-order valence-corrected chi connectivity index (χ1v) is 8.90. The minimum atomic E-state index is -0.403. The summed E-state index contributed by atoms with van der Waals surface area (Å²) in [5.41, 5.74) is 0.0761. The molecule has 2 aromatic heterocycles. The number of hydrogen-bond donors (Lipinski definition) is 1. The molecule has 1 fully saturated rings. The number of nitrogens with one attached hydrogen (secondary N) is 1. The molecule has 0 saturated heterocycles. The highest BCUT2D eigenvalue weighted by molar-refractivity contribution is 7.18. The van der Waals surface area contributed by atoms with Gasteiger partial charge in [0.15, 0.2) is 0 Å². The molecule has 1 saturated carbocycles. The average Bonchev–Trinajstić information content (AvgIpc) is 3.38. The van der Waals surface area contributed by atoms with Gasteiger partial charge < -0.3 is 9.47 Å². The van der Waals surface area contributed by atoms with Gasteiger partial charge in [-0.2, -0.15) is 0 Å². The molecule has 0 bridgehead atoms. The zero-order valence-corrected chi connectivity index (χ0v) is 14.8. The Balaban J connectivity index is 1.79. The van der Waals surface area contributed by atoms with Gasteiger partial charge in [0.1, 0.15) is 16.3 Å². The number of benzene rings is 1. The number of thiophene rings is 1. The van der Waals surface area contributed by atoms with Gasteiger partial charge in [-0.25, -0.2) is 4.79 Å². The lowest BCUT2D eigenvalue weighted by Gasteiger charge is -2.11. The predicted molar refractivity (Wildman–Crippen MR) is 97.3 cm³/mol. The molecule has 1 N–H and O–H groups in total. The number of aromatic amines is 1. The van der Waals surface area contributed by atoms with E-state index in [1.54, 1.807) is 32.4 Å². The molecule has 0 spiro atoms. The fraction of sp³-hybridized carbons (Fsp3) is 0.333. The second-order valence-electron chi connectivity index (χ2n) is 6.17. The number of fused-ring (bicyclic) bond motifs is 1. The molecular formula is C18H18N2O4S. The Morgan fingerprint density at radius 1 is 1.20 bits per heavy atom. The van der Waals surface area contributed by atoms with E-state index in [-0.39, 0.29) is 12.1 Å². The molecule has 1 aromatic carbocycles. The maximum absolute atomic E-state index is 12.8. The Morgan fingerprint density at radius 3 is 2.68 bits per heavy atom. The summed E-state index contributed by atoms with van der Waals surface area (Å²) < 4.78 is 11.8. The molecule has 0 atom stereocenters.